The molecule has 0 aliphatic rings. The van der Waals surface area contributed by atoms with Gasteiger partial charge in [0.15, 0.2) is 0 Å². The van der Waals surface area contributed by atoms with Crippen molar-refractivity contribution in [1.29, 1.82) is 0 Å². The molecule has 0 bridgehead atoms. The van der Waals surface area contributed by atoms with Gasteiger partial charge in [0, 0.05) is 22.2 Å². The number of hydrogen-bond acceptors (Lipinski definition) is 4. The maximum Gasteiger partial charge on any atom is 0.147 e. The molecule has 0 aliphatic carbocycles. The quantitative estimate of drug-likeness (QED) is 0.568. The lowest BCUT2D eigenvalue weighted by atomic mass is 10.1. The SMILES string of the molecule is Cc1c(N)cccc1SCc1cc(-c2ccccc2)no1. The molecular formula is C17H16N2OS. The molecule has 0 amide bonds. The molecule has 21 heavy (non-hydrogen) atoms. The normalized spacial score (nSPS) is 10.7. The van der Waals surface area contributed by atoms with Crippen molar-refractivity contribution in [2.75, 3.05) is 5.73 Å². The third kappa shape index (κ3) is 3.11. The minimum Gasteiger partial charge on any atom is -0.398 e. The van der Waals surface area contributed by atoms with Crippen LogP contribution in [0.3, 0.4) is 0 Å². The van der Waals surface area contributed by atoms with E-state index in [0.29, 0.717) is 0 Å². The van der Waals surface area contributed by atoms with Gasteiger partial charge in [-0.05, 0) is 24.6 Å². The topological polar surface area (TPSA) is 52.0 Å². The van der Waals surface area contributed by atoms with Crippen LogP contribution < -0.4 is 5.73 Å². The molecule has 3 nitrogen and oxygen atoms in total. The average molecular weight is 296 g/mol. The highest BCUT2D eigenvalue weighted by atomic mass is 32.2. The Morgan fingerprint density at radius 3 is 2.71 bits per heavy atom. The number of hydrogen-bond donors (Lipinski definition) is 1. The highest BCUT2D eigenvalue weighted by Gasteiger charge is 2.08. The van der Waals surface area contributed by atoms with E-state index >= 15 is 0 Å². The van der Waals surface area contributed by atoms with E-state index in [0.717, 1.165) is 34.0 Å². The first kappa shape index (κ1) is 13.8. The molecule has 0 radical (unpaired) electrons. The first-order valence-corrected chi connectivity index (χ1v) is 7.71. The van der Waals surface area contributed by atoms with Crippen LogP contribution in [0.4, 0.5) is 5.69 Å². The Balaban J connectivity index is 1.72. The molecule has 3 rings (SSSR count). The van der Waals surface area contributed by atoms with E-state index in [1.165, 1.54) is 4.90 Å². The summed E-state index contributed by atoms with van der Waals surface area (Å²) in [5.74, 6) is 1.60. The summed E-state index contributed by atoms with van der Waals surface area (Å²) < 4.78 is 5.41. The number of nitrogen functional groups attached to an aromatic ring is 1. The number of aromatic nitrogens is 1. The van der Waals surface area contributed by atoms with Crippen LogP contribution in [0.5, 0.6) is 0 Å². The zero-order valence-corrected chi connectivity index (χ0v) is 12.6. The maximum atomic E-state index is 5.92. The molecule has 2 aromatic carbocycles. The molecular weight excluding hydrogens is 280 g/mol. The second kappa shape index (κ2) is 6.06. The second-order valence-electron chi connectivity index (χ2n) is 4.80. The van der Waals surface area contributed by atoms with E-state index in [4.69, 9.17) is 10.3 Å². The lowest BCUT2D eigenvalue weighted by Crippen LogP contribution is -1.90. The van der Waals surface area contributed by atoms with Crippen LogP contribution in [-0.2, 0) is 5.75 Å². The smallest absolute Gasteiger partial charge is 0.147 e. The van der Waals surface area contributed by atoms with Gasteiger partial charge in [-0.25, -0.2) is 0 Å². The van der Waals surface area contributed by atoms with Crippen LogP contribution in [0.25, 0.3) is 11.3 Å². The Hall–Kier alpha value is -2.20. The van der Waals surface area contributed by atoms with Crippen molar-refractivity contribution in [2.45, 2.75) is 17.6 Å². The summed E-state index contributed by atoms with van der Waals surface area (Å²) in [6.07, 6.45) is 0. The lowest BCUT2D eigenvalue weighted by molar-refractivity contribution is 0.397. The Morgan fingerprint density at radius 1 is 1.10 bits per heavy atom. The van der Waals surface area contributed by atoms with Crippen LogP contribution in [-0.4, -0.2) is 5.16 Å². The molecule has 0 atom stereocenters. The fraction of sp³-hybridized carbons (Fsp3) is 0.118. The molecule has 106 valence electrons. The van der Waals surface area contributed by atoms with Gasteiger partial charge in [0.2, 0.25) is 0 Å². The van der Waals surface area contributed by atoms with Gasteiger partial charge in [0.1, 0.15) is 11.5 Å². The third-order valence-corrected chi connectivity index (χ3v) is 4.51. The molecule has 0 aliphatic heterocycles. The van der Waals surface area contributed by atoms with Gasteiger partial charge in [0.05, 0.1) is 5.75 Å². The molecule has 2 N–H and O–H groups in total. The summed E-state index contributed by atoms with van der Waals surface area (Å²) in [6.45, 7) is 2.04. The molecule has 0 unspecified atom stereocenters. The van der Waals surface area contributed by atoms with Gasteiger partial charge >= 0.3 is 0 Å². The Labute approximate surface area is 128 Å². The minimum atomic E-state index is 0.740. The van der Waals surface area contributed by atoms with E-state index in [-0.39, 0.29) is 0 Å². The van der Waals surface area contributed by atoms with Crippen molar-refractivity contribution in [3.8, 4) is 11.3 Å². The number of benzene rings is 2. The standard InChI is InChI=1S/C17H16N2OS/c1-12-15(18)8-5-9-17(12)21-11-14-10-16(19-20-14)13-6-3-2-4-7-13/h2-10H,11,18H2,1H3. The van der Waals surface area contributed by atoms with Gasteiger partial charge < -0.3 is 10.3 Å². The predicted molar refractivity (Wildman–Crippen MR) is 87.1 cm³/mol. The van der Waals surface area contributed by atoms with Gasteiger partial charge in [-0.1, -0.05) is 41.6 Å². The molecule has 4 heteroatoms. The first-order chi connectivity index (χ1) is 10.2. The lowest BCUT2D eigenvalue weighted by Gasteiger charge is -2.06. The number of rotatable bonds is 4. The minimum absolute atomic E-state index is 0.740. The molecule has 0 saturated carbocycles. The van der Waals surface area contributed by atoms with Crippen LogP contribution in [0.1, 0.15) is 11.3 Å². The molecule has 1 heterocycles. The molecule has 3 aromatic rings. The van der Waals surface area contributed by atoms with E-state index < -0.39 is 0 Å². The van der Waals surface area contributed by atoms with E-state index in [2.05, 4.69) is 11.2 Å². The predicted octanol–water partition coefficient (Wildman–Crippen LogP) is 4.52. The highest BCUT2D eigenvalue weighted by Crippen LogP contribution is 2.30. The summed E-state index contributed by atoms with van der Waals surface area (Å²) in [7, 11) is 0. The summed E-state index contributed by atoms with van der Waals surface area (Å²) in [5, 5.41) is 4.13. The second-order valence-corrected chi connectivity index (χ2v) is 5.82. The van der Waals surface area contributed by atoms with Crippen LogP contribution in [0.2, 0.25) is 0 Å². The summed E-state index contributed by atoms with van der Waals surface area (Å²) >= 11 is 1.71. The largest absolute Gasteiger partial charge is 0.398 e. The van der Waals surface area contributed by atoms with Crippen molar-refractivity contribution in [2.24, 2.45) is 0 Å². The molecule has 0 saturated heterocycles. The molecule has 1 aromatic heterocycles. The zero-order valence-electron chi connectivity index (χ0n) is 11.7. The highest BCUT2D eigenvalue weighted by molar-refractivity contribution is 7.98. The van der Waals surface area contributed by atoms with Crippen LogP contribution in [0.15, 0.2) is 64.0 Å². The van der Waals surface area contributed by atoms with Crippen LogP contribution >= 0.6 is 11.8 Å². The van der Waals surface area contributed by atoms with Gasteiger partial charge in [0.25, 0.3) is 0 Å². The van der Waals surface area contributed by atoms with E-state index in [9.17, 15) is 0 Å². The molecule has 0 spiro atoms. The molecule has 0 fully saturated rings. The monoisotopic (exact) mass is 296 g/mol. The fourth-order valence-corrected chi connectivity index (χ4v) is 3.01. The number of nitrogens with two attached hydrogens (primary N) is 1. The Bertz CT molecular complexity index is 738. The first-order valence-electron chi connectivity index (χ1n) is 6.73. The van der Waals surface area contributed by atoms with Crippen molar-refractivity contribution in [1.82, 2.24) is 5.16 Å². The zero-order chi connectivity index (χ0) is 14.7. The summed E-state index contributed by atoms with van der Waals surface area (Å²) in [6, 6.07) is 18.0. The van der Waals surface area contributed by atoms with Gasteiger partial charge in [-0.2, -0.15) is 0 Å². The number of anilines is 1. The van der Waals surface area contributed by atoms with Crippen molar-refractivity contribution in [3.63, 3.8) is 0 Å². The summed E-state index contributed by atoms with van der Waals surface area (Å²) in [4.78, 5) is 1.17. The summed E-state index contributed by atoms with van der Waals surface area (Å²) in [5.41, 5.74) is 9.80. The number of nitrogens with zero attached hydrogens (tertiary/aromatic N) is 1. The average Bonchev–Trinajstić information content (AvgIpc) is 2.99. The van der Waals surface area contributed by atoms with E-state index in [1.807, 2.05) is 55.5 Å². The Morgan fingerprint density at radius 2 is 1.90 bits per heavy atom. The third-order valence-electron chi connectivity index (χ3n) is 3.32. The number of thioether (sulfide) groups is 1. The van der Waals surface area contributed by atoms with Crippen molar-refractivity contribution in [3.05, 3.63) is 65.9 Å². The fourth-order valence-electron chi connectivity index (χ4n) is 2.06. The van der Waals surface area contributed by atoms with Crippen molar-refractivity contribution < 1.29 is 4.52 Å². The van der Waals surface area contributed by atoms with Crippen molar-refractivity contribution >= 4 is 17.4 Å². The van der Waals surface area contributed by atoms with Crippen LogP contribution in [0, 0.1) is 6.92 Å². The van der Waals surface area contributed by atoms with E-state index in [1.54, 1.807) is 11.8 Å². The van der Waals surface area contributed by atoms with Gasteiger partial charge in [-0.3, -0.25) is 0 Å². The Kier molecular flexibility index (Phi) is 3.97. The van der Waals surface area contributed by atoms with Gasteiger partial charge in [-0.15, -0.1) is 11.8 Å². The maximum absolute atomic E-state index is 5.92.